The molecule has 4 nitrogen and oxygen atoms in total. The van der Waals surface area contributed by atoms with Gasteiger partial charge in [0.05, 0.1) is 12.3 Å². The normalized spacial score (nSPS) is 13.5. The van der Waals surface area contributed by atoms with Gasteiger partial charge in [-0.05, 0) is 5.92 Å². The third-order valence-corrected chi connectivity index (χ3v) is 2.51. The average Bonchev–Trinajstić information content (AvgIpc) is 2.53. The minimum absolute atomic E-state index is 0.264. The Morgan fingerprint density at radius 2 is 2.15 bits per heavy atom. The molecule has 1 rings (SSSR count). The predicted molar refractivity (Wildman–Crippen MR) is 52.0 cm³/mol. The SMILES string of the molecule is CCC(CC)C(O)c1cn[nH]c1N. The van der Waals surface area contributed by atoms with Crippen LogP contribution in [0.4, 0.5) is 5.82 Å². The molecule has 4 N–H and O–H groups in total. The lowest BCUT2D eigenvalue weighted by Gasteiger charge is -2.18. The molecule has 0 bridgehead atoms. The van der Waals surface area contributed by atoms with Gasteiger partial charge in [0.1, 0.15) is 5.82 Å². The molecule has 0 saturated heterocycles. The minimum atomic E-state index is -0.492. The highest BCUT2D eigenvalue weighted by Gasteiger charge is 2.20. The van der Waals surface area contributed by atoms with Crippen molar-refractivity contribution < 1.29 is 5.11 Å². The number of hydrogen-bond donors (Lipinski definition) is 3. The molecule has 74 valence electrons. The lowest BCUT2D eigenvalue weighted by Crippen LogP contribution is -2.11. The number of aromatic amines is 1. The van der Waals surface area contributed by atoms with Gasteiger partial charge in [0.2, 0.25) is 0 Å². The largest absolute Gasteiger partial charge is 0.388 e. The van der Waals surface area contributed by atoms with E-state index in [1.807, 2.05) is 0 Å². The number of H-pyrrole nitrogens is 1. The molecule has 0 amide bonds. The van der Waals surface area contributed by atoms with Crippen LogP contribution in [0.5, 0.6) is 0 Å². The van der Waals surface area contributed by atoms with Crippen LogP contribution in [0.25, 0.3) is 0 Å². The number of nitrogens with one attached hydrogen (secondary N) is 1. The van der Waals surface area contributed by atoms with Gasteiger partial charge in [-0.25, -0.2) is 0 Å². The molecule has 1 atom stereocenters. The van der Waals surface area contributed by atoms with Crippen molar-refractivity contribution in [3.05, 3.63) is 11.8 Å². The third-order valence-electron chi connectivity index (χ3n) is 2.51. The van der Waals surface area contributed by atoms with Crippen LogP contribution in [0.15, 0.2) is 6.20 Å². The van der Waals surface area contributed by atoms with Crippen molar-refractivity contribution in [2.24, 2.45) is 5.92 Å². The Hall–Kier alpha value is -1.03. The summed E-state index contributed by atoms with van der Waals surface area (Å²) in [7, 11) is 0. The van der Waals surface area contributed by atoms with Crippen molar-refractivity contribution in [2.45, 2.75) is 32.8 Å². The number of nitrogen functional groups attached to an aromatic ring is 1. The summed E-state index contributed by atoms with van der Waals surface area (Å²) in [6, 6.07) is 0. The Morgan fingerprint density at radius 1 is 1.54 bits per heavy atom. The van der Waals surface area contributed by atoms with Crippen molar-refractivity contribution in [1.29, 1.82) is 0 Å². The number of aliphatic hydroxyl groups excluding tert-OH is 1. The molecule has 0 spiro atoms. The lowest BCUT2D eigenvalue weighted by atomic mass is 9.92. The maximum absolute atomic E-state index is 9.91. The maximum atomic E-state index is 9.91. The molecule has 1 unspecified atom stereocenters. The molecule has 0 saturated carbocycles. The average molecular weight is 183 g/mol. The highest BCUT2D eigenvalue weighted by Crippen LogP contribution is 2.29. The van der Waals surface area contributed by atoms with Gasteiger partial charge in [0.25, 0.3) is 0 Å². The number of nitrogens with two attached hydrogens (primary N) is 1. The molecule has 0 fully saturated rings. The smallest absolute Gasteiger partial charge is 0.124 e. The van der Waals surface area contributed by atoms with Crippen molar-refractivity contribution in [3.63, 3.8) is 0 Å². The molecular formula is C9H17N3O. The summed E-state index contributed by atoms with van der Waals surface area (Å²) in [6.45, 7) is 4.13. The zero-order valence-electron chi connectivity index (χ0n) is 8.12. The zero-order valence-corrected chi connectivity index (χ0v) is 8.12. The molecule has 0 aliphatic rings. The van der Waals surface area contributed by atoms with Crippen LogP contribution < -0.4 is 5.73 Å². The summed E-state index contributed by atoms with van der Waals surface area (Å²) in [4.78, 5) is 0. The number of nitrogens with zero attached hydrogens (tertiary/aromatic N) is 1. The fraction of sp³-hybridized carbons (Fsp3) is 0.667. The molecule has 0 aliphatic carbocycles. The standard InChI is InChI=1S/C9H17N3O/c1-3-6(4-2)8(13)7-5-11-12-9(7)10/h5-6,8,13H,3-4H2,1-2H3,(H3,10,11,12). The van der Waals surface area contributed by atoms with E-state index in [1.165, 1.54) is 0 Å². The van der Waals surface area contributed by atoms with Gasteiger partial charge in [-0.15, -0.1) is 0 Å². The first kappa shape index (κ1) is 10.1. The monoisotopic (exact) mass is 183 g/mol. The van der Waals surface area contributed by atoms with Crippen LogP contribution in [0, 0.1) is 5.92 Å². The molecule has 0 radical (unpaired) electrons. The van der Waals surface area contributed by atoms with E-state index in [2.05, 4.69) is 24.0 Å². The van der Waals surface area contributed by atoms with Gasteiger partial charge in [-0.2, -0.15) is 5.10 Å². The lowest BCUT2D eigenvalue weighted by molar-refractivity contribution is 0.104. The van der Waals surface area contributed by atoms with E-state index in [9.17, 15) is 5.11 Å². The summed E-state index contributed by atoms with van der Waals surface area (Å²) >= 11 is 0. The second-order valence-corrected chi connectivity index (χ2v) is 3.26. The number of aromatic nitrogens is 2. The van der Waals surface area contributed by atoms with E-state index in [4.69, 9.17) is 5.73 Å². The maximum Gasteiger partial charge on any atom is 0.124 e. The van der Waals surface area contributed by atoms with Gasteiger partial charge < -0.3 is 10.8 Å². The van der Waals surface area contributed by atoms with Crippen LogP contribution >= 0.6 is 0 Å². The van der Waals surface area contributed by atoms with Gasteiger partial charge >= 0.3 is 0 Å². The van der Waals surface area contributed by atoms with Crippen LogP contribution in [-0.4, -0.2) is 15.3 Å². The highest BCUT2D eigenvalue weighted by molar-refractivity contribution is 5.38. The van der Waals surface area contributed by atoms with E-state index < -0.39 is 6.10 Å². The van der Waals surface area contributed by atoms with E-state index in [0.717, 1.165) is 12.8 Å². The van der Waals surface area contributed by atoms with Crippen LogP contribution in [-0.2, 0) is 0 Å². The third kappa shape index (κ3) is 2.01. The van der Waals surface area contributed by atoms with Gasteiger partial charge in [-0.3, -0.25) is 5.10 Å². The summed E-state index contributed by atoms with van der Waals surface area (Å²) in [5.41, 5.74) is 6.33. The number of hydrogen-bond acceptors (Lipinski definition) is 3. The van der Waals surface area contributed by atoms with Crippen molar-refractivity contribution >= 4 is 5.82 Å². The molecule has 1 heterocycles. The highest BCUT2D eigenvalue weighted by atomic mass is 16.3. The second-order valence-electron chi connectivity index (χ2n) is 3.26. The first-order valence-electron chi connectivity index (χ1n) is 4.67. The molecule has 4 heteroatoms. The Balaban J connectivity index is 2.77. The van der Waals surface area contributed by atoms with E-state index in [-0.39, 0.29) is 5.92 Å². The van der Waals surface area contributed by atoms with E-state index >= 15 is 0 Å². The zero-order chi connectivity index (χ0) is 9.84. The Kier molecular flexibility index (Phi) is 3.31. The Labute approximate surface area is 78.2 Å². The Morgan fingerprint density at radius 3 is 2.54 bits per heavy atom. The molecule has 1 aromatic heterocycles. The van der Waals surface area contributed by atoms with Crippen LogP contribution in [0.3, 0.4) is 0 Å². The van der Waals surface area contributed by atoms with Crippen molar-refractivity contribution in [3.8, 4) is 0 Å². The summed E-state index contributed by atoms with van der Waals surface area (Å²) in [6.07, 6.45) is 3.00. The first-order chi connectivity index (χ1) is 6.20. The summed E-state index contributed by atoms with van der Waals surface area (Å²) in [5.74, 6) is 0.735. The minimum Gasteiger partial charge on any atom is -0.388 e. The molecule has 13 heavy (non-hydrogen) atoms. The summed E-state index contributed by atoms with van der Waals surface area (Å²) in [5, 5.41) is 16.3. The fourth-order valence-corrected chi connectivity index (χ4v) is 1.53. The summed E-state index contributed by atoms with van der Waals surface area (Å²) < 4.78 is 0. The van der Waals surface area contributed by atoms with E-state index in [1.54, 1.807) is 6.20 Å². The Bertz CT molecular complexity index is 255. The van der Waals surface area contributed by atoms with Crippen molar-refractivity contribution in [2.75, 3.05) is 5.73 Å². The van der Waals surface area contributed by atoms with Crippen LogP contribution in [0.2, 0.25) is 0 Å². The second kappa shape index (κ2) is 4.28. The van der Waals surface area contributed by atoms with Gasteiger partial charge in [0, 0.05) is 5.56 Å². The van der Waals surface area contributed by atoms with Gasteiger partial charge in [0.15, 0.2) is 0 Å². The number of aliphatic hydroxyl groups is 1. The molecule has 0 aromatic carbocycles. The van der Waals surface area contributed by atoms with Crippen LogP contribution in [0.1, 0.15) is 38.4 Å². The van der Waals surface area contributed by atoms with Gasteiger partial charge in [-0.1, -0.05) is 26.7 Å². The topological polar surface area (TPSA) is 74.9 Å². The molecule has 0 aliphatic heterocycles. The quantitative estimate of drug-likeness (QED) is 0.661. The first-order valence-corrected chi connectivity index (χ1v) is 4.67. The fourth-order valence-electron chi connectivity index (χ4n) is 1.53. The molecule has 1 aromatic rings. The number of anilines is 1. The van der Waals surface area contributed by atoms with E-state index in [0.29, 0.717) is 11.4 Å². The predicted octanol–water partition coefficient (Wildman–Crippen LogP) is 1.46. The van der Waals surface area contributed by atoms with Crippen molar-refractivity contribution in [1.82, 2.24) is 10.2 Å². The number of rotatable bonds is 4. The molecular weight excluding hydrogens is 166 g/mol.